The topological polar surface area (TPSA) is 58.6 Å². The molecule has 0 unspecified atom stereocenters. The van der Waals surface area contributed by atoms with Gasteiger partial charge in [0.15, 0.2) is 0 Å². The van der Waals surface area contributed by atoms with E-state index < -0.39 is 10.1 Å². The second-order valence-corrected chi connectivity index (χ2v) is 3.88. The second kappa shape index (κ2) is 3.99. The Hall–Kier alpha value is -0.430. The Morgan fingerprint density at radius 1 is 1.42 bits per heavy atom. The molecule has 0 bridgehead atoms. The molecule has 0 aromatic heterocycles. The largest absolute Gasteiger partial charge is 0.314 e. The lowest BCUT2D eigenvalue weighted by molar-refractivity contribution is -0.0581. The maximum atomic E-state index is 10.9. The Kier molecular flexibility index (Phi) is 3.21. The summed E-state index contributed by atoms with van der Waals surface area (Å²) in [7, 11) is -3.56. The summed E-state index contributed by atoms with van der Waals surface area (Å²) in [5.74, 6) is 0. The summed E-state index contributed by atoms with van der Waals surface area (Å²) in [5, 5.41) is 5.29. The van der Waals surface area contributed by atoms with Gasteiger partial charge in [-0.25, -0.2) is 0 Å². The van der Waals surface area contributed by atoms with Crippen molar-refractivity contribution in [2.45, 2.75) is 0 Å². The summed E-state index contributed by atoms with van der Waals surface area (Å²) in [6, 6.07) is 0. The molecule has 0 spiro atoms. The van der Waals surface area contributed by atoms with Gasteiger partial charge in [0, 0.05) is 26.2 Å². The highest BCUT2D eigenvalue weighted by atomic mass is 32.2. The zero-order valence-corrected chi connectivity index (χ0v) is 7.51. The SMILES string of the molecule is C=CS(=O)(=O)ON1CCNCC1. The second-order valence-electron chi connectivity index (χ2n) is 2.41. The maximum absolute atomic E-state index is 10.9. The Balaban J connectivity index is 2.44. The van der Waals surface area contributed by atoms with E-state index in [1.165, 1.54) is 5.06 Å². The van der Waals surface area contributed by atoms with Crippen LogP contribution in [0.5, 0.6) is 0 Å². The van der Waals surface area contributed by atoms with Gasteiger partial charge in [0.1, 0.15) is 0 Å². The van der Waals surface area contributed by atoms with Gasteiger partial charge in [-0.3, -0.25) is 0 Å². The number of nitrogens with one attached hydrogen (secondary N) is 1. The number of rotatable bonds is 3. The predicted octanol–water partition coefficient (Wildman–Crippen LogP) is -0.703. The van der Waals surface area contributed by atoms with Gasteiger partial charge in [0.2, 0.25) is 0 Å². The fraction of sp³-hybridized carbons (Fsp3) is 0.667. The van der Waals surface area contributed by atoms with Crippen LogP contribution in [0.1, 0.15) is 0 Å². The molecule has 1 rings (SSSR count). The molecule has 1 heterocycles. The molecular weight excluding hydrogens is 180 g/mol. The molecule has 0 aromatic rings. The summed E-state index contributed by atoms with van der Waals surface area (Å²) in [4.78, 5) is 0. The quantitative estimate of drug-likeness (QED) is 0.640. The molecule has 1 aliphatic rings. The van der Waals surface area contributed by atoms with E-state index in [1.54, 1.807) is 0 Å². The molecule has 0 saturated carbocycles. The van der Waals surface area contributed by atoms with Crippen LogP contribution in [0.3, 0.4) is 0 Å². The third-order valence-corrected chi connectivity index (χ3v) is 2.32. The summed E-state index contributed by atoms with van der Waals surface area (Å²) in [6.07, 6.45) is 0. The molecule has 5 nitrogen and oxygen atoms in total. The number of hydroxylamine groups is 2. The number of hydrogen-bond acceptors (Lipinski definition) is 5. The number of nitrogens with zero attached hydrogens (tertiary/aromatic N) is 1. The van der Waals surface area contributed by atoms with Gasteiger partial charge in [-0.2, -0.15) is 17.8 Å². The molecule has 1 saturated heterocycles. The molecule has 0 aliphatic carbocycles. The van der Waals surface area contributed by atoms with E-state index in [0.717, 1.165) is 18.5 Å². The van der Waals surface area contributed by atoms with E-state index >= 15 is 0 Å². The molecule has 0 aromatic carbocycles. The lowest BCUT2D eigenvalue weighted by Crippen LogP contribution is -2.44. The molecule has 1 fully saturated rings. The minimum atomic E-state index is -3.56. The van der Waals surface area contributed by atoms with Crippen molar-refractivity contribution in [3.8, 4) is 0 Å². The van der Waals surface area contributed by atoms with Gasteiger partial charge < -0.3 is 5.32 Å². The van der Waals surface area contributed by atoms with E-state index in [4.69, 9.17) is 0 Å². The molecule has 1 aliphatic heterocycles. The van der Waals surface area contributed by atoms with Gasteiger partial charge in [-0.05, 0) is 0 Å². The Labute approximate surface area is 72.1 Å². The van der Waals surface area contributed by atoms with Gasteiger partial charge in [-0.15, -0.1) is 0 Å². The highest BCUT2D eigenvalue weighted by Crippen LogP contribution is 2.01. The third-order valence-electron chi connectivity index (χ3n) is 1.49. The van der Waals surface area contributed by atoms with E-state index in [2.05, 4.69) is 16.2 Å². The molecule has 0 amide bonds. The van der Waals surface area contributed by atoms with Crippen molar-refractivity contribution in [3.63, 3.8) is 0 Å². The van der Waals surface area contributed by atoms with Crippen LogP contribution in [0.15, 0.2) is 12.0 Å². The predicted molar refractivity (Wildman–Crippen MR) is 44.6 cm³/mol. The maximum Gasteiger partial charge on any atom is 0.305 e. The lowest BCUT2D eigenvalue weighted by atomic mass is 10.4. The molecule has 1 N–H and O–H groups in total. The first kappa shape index (κ1) is 9.66. The minimum Gasteiger partial charge on any atom is -0.314 e. The van der Waals surface area contributed by atoms with Crippen molar-refractivity contribution >= 4 is 10.1 Å². The molecule has 0 radical (unpaired) electrons. The van der Waals surface area contributed by atoms with E-state index in [9.17, 15) is 8.42 Å². The van der Waals surface area contributed by atoms with Crippen LogP contribution in [0.25, 0.3) is 0 Å². The van der Waals surface area contributed by atoms with Crippen molar-refractivity contribution in [2.24, 2.45) is 0 Å². The van der Waals surface area contributed by atoms with Crippen molar-refractivity contribution in [1.82, 2.24) is 10.4 Å². The third kappa shape index (κ3) is 2.90. The fourth-order valence-corrected chi connectivity index (χ4v) is 1.40. The van der Waals surface area contributed by atoms with Crippen LogP contribution in [-0.4, -0.2) is 39.7 Å². The first-order valence-corrected chi connectivity index (χ1v) is 5.14. The molecule has 12 heavy (non-hydrogen) atoms. The van der Waals surface area contributed by atoms with Crippen molar-refractivity contribution in [2.75, 3.05) is 26.2 Å². The summed E-state index contributed by atoms with van der Waals surface area (Å²) in [6.45, 7) is 5.78. The smallest absolute Gasteiger partial charge is 0.305 e. The number of hydrogen-bond donors (Lipinski definition) is 1. The van der Waals surface area contributed by atoms with Crippen molar-refractivity contribution in [3.05, 3.63) is 12.0 Å². The highest BCUT2D eigenvalue weighted by Gasteiger charge is 2.16. The normalized spacial score (nSPS) is 20.7. The summed E-state index contributed by atoms with van der Waals surface area (Å²) >= 11 is 0. The van der Waals surface area contributed by atoms with Gasteiger partial charge in [0.05, 0.1) is 5.41 Å². The average Bonchev–Trinajstić information content (AvgIpc) is 2.06. The Morgan fingerprint density at radius 2 is 2.00 bits per heavy atom. The Morgan fingerprint density at radius 3 is 2.50 bits per heavy atom. The zero-order valence-electron chi connectivity index (χ0n) is 6.69. The Bertz CT molecular complexity index is 244. The van der Waals surface area contributed by atoms with E-state index in [0.29, 0.717) is 13.1 Å². The average molecular weight is 192 g/mol. The van der Waals surface area contributed by atoms with Crippen molar-refractivity contribution < 1.29 is 12.7 Å². The molecule has 0 atom stereocenters. The van der Waals surface area contributed by atoms with Gasteiger partial charge >= 0.3 is 10.1 Å². The van der Waals surface area contributed by atoms with E-state index in [1.807, 2.05) is 0 Å². The van der Waals surface area contributed by atoms with Crippen LogP contribution in [0, 0.1) is 0 Å². The molecular formula is C6H12N2O3S. The summed E-state index contributed by atoms with van der Waals surface area (Å²) in [5.41, 5.74) is 0. The van der Waals surface area contributed by atoms with Crippen LogP contribution < -0.4 is 5.32 Å². The first-order valence-electron chi connectivity index (χ1n) is 3.67. The van der Waals surface area contributed by atoms with Gasteiger partial charge in [-0.1, -0.05) is 6.58 Å². The standard InChI is InChI=1S/C6H12N2O3S/c1-2-12(9,10)11-8-5-3-7-4-6-8/h2,7H,1,3-6H2. The first-order chi connectivity index (χ1) is 5.64. The fourth-order valence-electron chi connectivity index (χ4n) is 0.896. The lowest BCUT2D eigenvalue weighted by Gasteiger charge is -2.24. The monoisotopic (exact) mass is 192 g/mol. The highest BCUT2D eigenvalue weighted by molar-refractivity contribution is 7.89. The van der Waals surface area contributed by atoms with Crippen LogP contribution >= 0.6 is 0 Å². The molecule has 6 heteroatoms. The van der Waals surface area contributed by atoms with Crippen molar-refractivity contribution in [1.29, 1.82) is 0 Å². The van der Waals surface area contributed by atoms with Crippen LogP contribution in [0.4, 0.5) is 0 Å². The summed E-state index contributed by atoms with van der Waals surface area (Å²) < 4.78 is 26.4. The minimum absolute atomic E-state index is 0.576. The number of piperazine rings is 1. The molecule has 70 valence electrons. The van der Waals surface area contributed by atoms with Crippen LogP contribution in [-0.2, 0) is 14.4 Å². The van der Waals surface area contributed by atoms with Crippen LogP contribution in [0.2, 0.25) is 0 Å². The van der Waals surface area contributed by atoms with Gasteiger partial charge in [0.25, 0.3) is 0 Å². The van der Waals surface area contributed by atoms with E-state index in [-0.39, 0.29) is 0 Å². The zero-order chi connectivity index (χ0) is 9.03.